The molecule has 1 amide bonds. The minimum atomic E-state index is -0.488. The second-order valence-corrected chi connectivity index (χ2v) is 9.45. The highest BCUT2D eigenvalue weighted by molar-refractivity contribution is 6.02. The predicted octanol–water partition coefficient (Wildman–Crippen LogP) is 3.24. The number of hydrogen-bond donors (Lipinski definition) is 2. The Morgan fingerprint density at radius 3 is 2.55 bits per heavy atom. The number of pyridine rings is 2. The van der Waals surface area contributed by atoms with Crippen molar-refractivity contribution in [3.8, 4) is 0 Å². The minimum Gasteiger partial charge on any atom is -0.357 e. The van der Waals surface area contributed by atoms with Crippen molar-refractivity contribution in [2.75, 3.05) is 18.0 Å². The van der Waals surface area contributed by atoms with E-state index in [1.165, 1.54) is 31.7 Å². The molecule has 1 aliphatic carbocycles. The van der Waals surface area contributed by atoms with Crippen LogP contribution < -0.4 is 15.8 Å². The van der Waals surface area contributed by atoms with E-state index in [9.17, 15) is 14.4 Å². The number of fused-ring (bicyclic) bond motifs is 1. The van der Waals surface area contributed by atoms with Gasteiger partial charge in [0.25, 0.3) is 11.5 Å². The van der Waals surface area contributed by atoms with Crippen LogP contribution in [0.15, 0.2) is 29.2 Å². The number of carbonyl (C=O) groups excluding carboxylic acids is 2. The van der Waals surface area contributed by atoms with Crippen molar-refractivity contribution >= 4 is 17.5 Å². The first-order chi connectivity index (χ1) is 14.8. The van der Waals surface area contributed by atoms with Gasteiger partial charge in [-0.2, -0.15) is 0 Å². The van der Waals surface area contributed by atoms with Crippen LogP contribution in [0.25, 0.3) is 0 Å². The molecule has 7 heteroatoms. The average Bonchev–Trinajstić information content (AvgIpc) is 3.00. The van der Waals surface area contributed by atoms with Crippen LogP contribution in [0.2, 0.25) is 0 Å². The topological polar surface area (TPSA) is 95.2 Å². The average molecular weight is 423 g/mol. The van der Waals surface area contributed by atoms with Gasteiger partial charge < -0.3 is 15.2 Å². The number of nitrogens with one attached hydrogen (secondary N) is 2. The van der Waals surface area contributed by atoms with Gasteiger partial charge in [-0.05, 0) is 42.4 Å². The van der Waals surface area contributed by atoms with E-state index >= 15 is 0 Å². The van der Waals surface area contributed by atoms with E-state index < -0.39 is 11.5 Å². The van der Waals surface area contributed by atoms with Crippen molar-refractivity contribution in [2.45, 2.75) is 58.9 Å². The maximum atomic E-state index is 12.6. The summed E-state index contributed by atoms with van der Waals surface area (Å²) in [6, 6.07) is 5.39. The molecule has 0 atom stereocenters. The van der Waals surface area contributed by atoms with Crippen LogP contribution >= 0.6 is 0 Å². The molecule has 1 saturated heterocycles. The second kappa shape index (κ2) is 8.65. The third-order valence-corrected chi connectivity index (χ3v) is 6.15. The number of ketones is 1. The van der Waals surface area contributed by atoms with Crippen LogP contribution in [0, 0.1) is 5.41 Å². The number of nitrogens with zero attached hydrogens (tertiary/aromatic N) is 2. The maximum absolute atomic E-state index is 12.6. The summed E-state index contributed by atoms with van der Waals surface area (Å²) < 4.78 is 0. The molecule has 0 aromatic carbocycles. The SMILES string of the molecule is CC1(C)CC(=O)c2cc(C(=O)NCc3ccc(N4CCCCCC4)nc3)c(=O)[nH]c2C1. The monoisotopic (exact) mass is 422 g/mol. The lowest BCUT2D eigenvalue weighted by Crippen LogP contribution is -2.34. The zero-order chi connectivity index (χ0) is 22.0. The van der Waals surface area contributed by atoms with Crippen LogP contribution in [-0.2, 0) is 13.0 Å². The Morgan fingerprint density at radius 1 is 1.13 bits per heavy atom. The molecule has 2 aromatic rings. The number of amides is 1. The Hall–Kier alpha value is -2.96. The molecular weight excluding hydrogens is 392 g/mol. The highest BCUT2D eigenvalue weighted by atomic mass is 16.2. The Labute approximate surface area is 182 Å². The molecule has 31 heavy (non-hydrogen) atoms. The summed E-state index contributed by atoms with van der Waals surface area (Å²) in [5, 5.41) is 2.78. The lowest BCUT2D eigenvalue weighted by molar-refractivity contribution is 0.0910. The number of aromatic amines is 1. The van der Waals surface area contributed by atoms with Crippen LogP contribution in [0.3, 0.4) is 0 Å². The smallest absolute Gasteiger partial charge is 0.261 e. The summed E-state index contributed by atoms with van der Waals surface area (Å²) in [5.41, 5.74) is 1.25. The molecular formula is C24H30N4O3. The quantitative estimate of drug-likeness (QED) is 0.789. The number of carbonyl (C=O) groups is 2. The first-order valence-corrected chi connectivity index (χ1v) is 11.1. The molecule has 1 aliphatic heterocycles. The van der Waals surface area contributed by atoms with Gasteiger partial charge in [0.1, 0.15) is 11.4 Å². The van der Waals surface area contributed by atoms with Gasteiger partial charge in [0.2, 0.25) is 0 Å². The summed E-state index contributed by atoms with van der Waals surface area (Å²) in [7, 11) is 0. The van der Waals surface area contributed by atoms with E-state index in [-0.39, 0.29) is 23.3 Å². The largest absolute Gasteiger partial charge is 0.357 e. The molecule has 4 rings (SSSR count). The first-order valence-electron chi connectivity index (χ1n) is 11.1. The fourth-order valence-corrected chi connectivity index (χ4v) is 4.48. The third-order valence-electron chi connectivity index (χ3n) is 6.15. The summed E-state index contributed by atoms with van der Waals surface area (Å²) in [4.78, 5) is 47.2. The van der Waals surface area contributed by atoms with Gasteiger partial charge in [-0.1, -0.05) is 32.8 Å². The lowest BCUT2D eigenvalue weighted by atomic mass is 9.75. The van der Waals surface area contributed by atoms with E-state index in [2.05, 4.69) is 20.2 Å². The van der Waals surface area contributed by atoms with Crippen LogP contribution in [-0.4, -0.2) is 34.7 Å². The molecule has 0 bridgehead atoms. The van der Waals surface area contributed by atoms with Crippen LogP contribution in [0.4, 0.5) is 5.82 Å². The molecule has 2 aliphatic rings. The minimum absolute atomic E-state index is 0.0269. The zero-order valence-corrected chi connectivity index (χ0v) is 18.3. The van der Waals surface area contributed by atoms with Crippen molar-refractivity contribution < 1.29 is 9.59 Å². The standard InChI is InChI=1S/C24H30N4O3/c1-24(2)12-19-17(20(29)13-24)11-18(23(31)27-19)22(30)26-15-16-7-8-21(25-14-16)28-9-5-3-4-6-10-28/h7-8,11,14H,3-6,9-10,12-13,15H2,1-2H3,(H,26,30)(H,27,31). The molecule has 164 valence electrons. The number of Topliss-reactive ketones (excluding diaryl/α,β-unsaturated/α-hetero) is 1. The molecule has 2 N–H and O–H groups in total. The van der Waals surface area contributed by atoms with Gasteiger partial charge in [0.15, 0.2) is 5.78 Å². The highest BCUT2D eigenvalue weighted by Crippen LogP contribution is 2.33. The van der Waals surface area contributed by atoms with E-state index in [1.807, 2.05) is 26.0 Å². The highest BCUT2D eigenvalue weighted by Gasteiger charge is 2.32. The van der Waals surface area contributed by atoms with Gasteiger partial charge in [0, 0.05) is 43.5 Å². The molecule has 0 radical (unpaired) electrons. The van der Waals surface area contributed by atoms with Gasteiger partial charge in [-0.3, -0.25) is 14.4 Å². The summed E-state index contributed by atoms with van der Waals surface area (Å²) in [5.74, 6) is 0.438. The molecule has 0 unspecified atom stereocenters. The van der Waals surface area contributed by atoms with Gasteiger partial charge in [0.05, 0.1) is 0 Å². The Kier molecular flexibility index (Phi) is 5.94. The fraction of sp³-hybridized carbons (Fsp3) is 0.500. The number of H-pyrrole nitrogens is 1. The second-order valence-electron chi connectivity index (χ2n) is 9.45. The first kappa shape index (κ1) is 21.3. The molecule has 0 spiro atoms. The van der Waals surface area contributed by atoms with Gasteiger partial charge in [-0.25, -0.2) is 4.98 Å². The Bertz CT molecular complexity index is 1030. The molecule has 3 heterocycles. The lowest BCUT2D eigenvalue weighted by Gasteiger charge is -2.29. The third kappa shape index (κ3) is 4.86. The number of hydrogen-bond acceptors (Lipinski definition) is 5. The molecule has 2 aromatic heterocycles. The van der Waals surface area contributed by atoms with Gasteiger partial charge >= 0.3 is 0 Å². The Morgan fingerprint density at radius 2 is 1.87 bits per heavy atom. The van der Waals surface area contributed by atoms with E-state index in [0.29, 0.717) is 24.1 Å². The predicted molar refractivity (Wildman–Crippen MR) is 120 cm³/mol. The van der Waals surface area contributed by atoms with E-state index in [4.69, 9.17) is 0 Å². The zero-order valence-electron chi connectivity index (χ0n) is 18.3. The van der Waals surface area contributed by atoms with Crippen LogP contribution in [0.1, 0.15) is 77.9 Å². The van der Waals surface area contributed by atoms with Crippen molar-refractivity contribution in [2.24, 2.45) is 5.41 Å². The normalized spacial score (nSPS) is 18.3. The van der Waals surface area contributed by atoms with Crippen molar-refractivity contribution in [3.63, 3.8) is 0 Å². The number of anilines is 1. The maximum Gasteiger partial charge on any atom is 0.261 e. The molecule has 1 fully saturated rings. The summed E-state index contributed by atoms with van der Waals surface area (Å²) >= 11 is 0. The fourth-order valence-electron chi connectivity index (χ4n) is 4.48. The van der Waals surface area contributed by atoms with E-state index in [0.717, 1.165) is 24.5 Å². The molecule has 7 nitrogen and oxygen atoms in total. The van der Waals surface area contributed by atoms with Gasteiger partial charge in [-0.15, -0.1) is 0 Å². The number of aromatic nitrogens is 2. The van der Waals surface area contributed by atoms with Crippen LogP contribution in [0.5, 0.6) is 0 Å². The van der Waals surface area contributed by atoms with Crippen molar-refractivity contribution in [1.82, 2.24) is 15.3 Å². The summed E-state index contributed by atoms with van der Waals surface area (Å²) in [6.45, 7) is 6.32. The molecule has 0 saturated carbocycles. The number of rotatable bonds is 4. The Balaban J connectivity index is 1.43. The van der Waals surface area contributed by atoms with Crippen molar-refractivity contribution in [3.05, 3.63) is 57.1 Å². The van der Waals surface area contributed by atoms with Crippen molar-refractivity contribution in [1.29, 1.82) is 0 Å². The van der Waals surface area contributed by atoms with E-state index in [1.54, 1.807) is 6.20 Å². The summed E-state index contributed by atoms with van der Waals surface area (Å²) in [6.07, 6.45) is 7.70.